The lowest BCUT2D eigenvalue weighted by Crippen LogP contribution is -2.47. The van der Waals surface area contributed by atoms with Crippen LogP contribution in [0.2, 0.25) is 0 Å². The van der Waals surface area contributed by atoms with Crippen LogP contribution >= 0.6 is 11.8 Å². The first kappa shape index (κ1) is 14.9. The van der Waals surface area contributed by atoms with Gasteiger partial charge in [0.15, 0.2) is 0 Å². The minimum atomic E-state index is -0.781. The molecule has 2 aromatic rings. The van der Waals surface area contributed by atoms with Gasteiger partial charge in [-0.1, -0.05) is 42.1 Å². The van der Waals surface area contributed by atoms with Crippen LogP contribution in [0.25, 0.3) is 0 Å². The van der Waals surface area contributed by atoms with Gasteiger partial charge in [0.05, 0.1) is 6.04 Å². The third kappa shape index (κ3) is 3.26. The van der Waals surface area contributed by atoms with Crippen LogP contribution in [0.1, 0.15) is 24.3 Å². The van der Waals surface area contributed by atoms with Crippen LogP contribution in [0.15, 0.2) is 64.4 Å². The highest BCUT2D eigenvalue weighted by atomic mass is 32.2. The molecule has 5 heteroatoms. The van der Waals surface area contributed by atoms with Crippen molar-refractivity contribution in [2.75, 3.05) is 0 Å². The van der Waals surface area contributed by atoms with Crippen molar-refractivity contribution in [3.8, 4) is 0 Å². The Kier molecular flexibility index (Phi) is 4.36. The second kappa shape index (κ2) is 6.42. The summed E-state index contributed by atoms with van der Waals surface area (Å²) in [4.78, 5) is 13.3. The maximum Gasteiger partial charge on any atom is 0.338 e. The number of carbonyl (C=O) groups is 1. The fourth-order valence-electron chi connectivity index (χ4n) is 2.70. The number of benzene rings is 2. The van der Waals surface area contributed by atoms with Crippen molar-refractivity contribution in [3.63, 3.8) is 0 Å². The topological polar surface area (TPSA) is 66.6 Å². The average Bonchev–Trinajstić information content (AvgIpc) is 2.47. The van der Waals surface area contributed by atoms with Crippen LogP contribution in [-0.2, 0) is 0 Å². The van der Waals surface area contributed by atoms with Crippen molar-refractivity contribution in [1.82, 2.24) is 5.06 Å². The average molecular weight is 314 g/mol. The summed E-state index contributed by atoms with van der Waals surface area (Å²) in [7, 11) is 0. The molecule has 0 unspecified atom stereocenters. The van der Waals surface area contributed by atoms with Crippen molar-refractivity contribution >= 4 is 17.8 Å². The van der Waals surface area contributed by atoms with E-state index in [9.17, 15) is 10.0 Å². The zero-order valence-corrected chi connectivity index (χ0v) is 12.9. The van der Waals surface area contributed by atoms with Gasteiger partial charge in [-0.15, -0.1) is 0 Å². The molecular weight excluding hydrogens is 296 g/mol. The summed E-state index contributed by atoms with van der Waals surface area (Å²) in [6, 6.07) is 17.7. The van der Waals surface area contributed by atoms with Crippen LogP contribution in [0, 0.1) is 0 Å². The summed E-state index contributed by atoms with van der Waals surface area (Å²) in [5, 5.41) is 10.2. The lowest BCUT2D eigenvalue weighted by molar-refractivity contribution is -0.102. The molecular formula is C17H18N2O2S. The number of nitrogens with two attached hydrogens (primary N) is 1. The highest BCUT2D eigenvalue weighted by molar-refractivity contribution is 7.99. The van der Waals surface area contributed by atoms with E-state index in [1.165, 1.54) is 15.4 Å². The first-order valence-corrected chi connectivity index (χ1v) is 8.05. The molecule has 1 aliphatic rings. The van der Waals surface area contributed by atoms with Crippen LogP contribution < -0.4 is 5.73 Å². The first-order chi connectivity index (χ1) is 10.6. The Hall–Kier alpha value is -1.98. The molecule has 0 aliphatic heterocycles. The quantitative estimate of drug-likeness (QED) is 0.665. The van der Waals surface area contributed by atoms with Crippen molar-refractivity contribution in [2.24, 2.45) is 5.73 Å². The van der Waals surface area contributed by atoms with Gasteiger partial charge in [-0.05, 0) is 48.6 Å². The molecule has 1 saturated carbocycles. The summed E-state index contributed by atoms with van der Waals surface area (Å²) < 4.78 is 0. The first-order valence-electron chi connectivity index (χ1n) is 7.24. The van der Waals surface area contributed by atoms with E-state index in [1.807, 2.05) is 18.2 Å². The molecule has 2 aromatic carbocycles. The zero-order valence-electron chi connectivity index (χ0n) is 12.1. The monoisotopic (exact) mass is 314 g/mol. The van der Waals surface area contributed by atoms with E-state index in [2.05, 4.69) is 36.4 Å². The molecule has 3 N–H and O–H groups in total. The van der Waals surface area contributed by atoms with Gasteiger partial charge in [0, 0.05) is 9.79 Å². The molecule has 0 spiro atoms. The van der Waals surface area contributed by atoms with Gasteiger partial charge in [-0.3, -0.25) is 5.21 Å². The van der Waals surface area contributed by atoms with Gasteiger partial charge in [0.25, 0.3) is 0 Å². The minimum Gasteiger partial charge on any atom is -0.350 e. The molecule has 2 amide bonds. The number of hydrogen-bond donors (Lipinski definition) is 2. The van der Waals surface area contributed by atoms with Gasteiger partial charge in [-0.25, -0.2) is 9.86 Å². The summed E-state index contributed by atoms with van der Waals surface area (Å²) in [6.07, 6.45) is 1.50. The predicted octanol–water partition coefficient (Wildman–Crippen LogP) is 3.85. The van der Waals surface area contributed by atoms with Crippen LogP contribution in [0.5, 0.6) is 0 Å². The second-order valence-electron chi connectivity index (χ2n) is 5.49. The van der Waals surface area contributed by atoms with Crippen LogP contribution in [-0.4, -0.2) is 22.3 Å². The zero-order chi connectivity index (χ0) is 15.5. The molecule has 114 valence electrons. The summed E-state index contributed by atoms with van der Waals surface area (Å²) in [5.41, 5.74) is 6.32. The normalized spacial score (nSPS) is 20.2. The van der Waals surface area contributed by atoms with Crippen molar-refractivity contribution in [3.05, 3.63) is 60.2 Å². The van der Waals surface area contributed by atoms with Crippen molar-refractivity contribution in [2.45, 2.75) is 34.6 Å². The minimum absolute atomic E-state index is 0.159. The standard InChI is InChI=1S/C17H18N2O2S/c18-17(20)19(21)14-9-13(10-14)12-5-4-8-16(11-12)22-15-6-2-1-3-7-15/h1-8,11,13-14,21H,9-10H2,(H2,18,20)/t13-,14+. The Bertz CT molecular complexity index is 657. The van der Waals surface area contributed by atoms with Gasteiger partial charge in [0.1, 0.15) is 0 Å². The Balaban J connectivity index is 1.65. The van der Waals surface area contributed by atoms with E-state index in [4.69, 9.17) is 5.73 Å². The van der Waals surface area contributed by atoms with Crippen molar-refractivity contribution in [1.29, 1.82) is 0 Å². The van der Waals surface area contributed by atoms with Gasteiger partial charge in [0.2, 0.25) is 0 Å². The third-order valence-electron chi connectivity index (χ3n) is 3.99. The fraction of sp³-hybridized carbons (Fsp3) is 0.235. The van der Waals surface area contributed by atoms with E-state index in [1.54, 1.807) is 11.8 Å². The molecule has 22 heavy (non-hydrogen) atoms. The van der Waals surface area contributed by atoms with Crippen molar-refractivity contribution < 1.29 is 10.0 Å². The molecule has 1 fully saturated rings. The highest BCUT2D eigenvalue weighted by Crippen LogP contribution is 2.40. The lowest BCUT2D eigenvalue weighted by atomic mass is 9.76. The smallest absolute Gasteiger partial charge is 0.338 e. The van der Waals surface area contributed by atoms with Crippen LogP contribution in [0.3, 0.4) is 0 Å². The summed E-state index contributed by atoms with van der Waals surface area (Å²) in [5.74, 6) is 0.371. The number of hydroxylamine groups is 2. The van der Waals surface area contributed by atoms with Gasteiger partial charge in [-0.2, -0.15) is 0 Å². The van der Waals surface area contributed by atoms with Gasteiger partial charge >= 0.3 is 6.03 Å². The van der Waals surface area contributed by atoms with Crippen LogP contribution in [0.4, 0.5) is 4.79 Å². The Morgan fingerprint density at radius 1 is 1.09 bits per heavy atom. The molecule has 0 atom stereocenters. The molecule has 1 aliphatic carbocycles. The predicted molar refractivity (Wildman–Crippen MR) is 86.0 cm³/mol. The van der Waals surface area contributed by atoms with E-state index < -0.39 is 6.03 Å². The maximum atomic E-state index is 10.9. The SMILES string of the molecule is NC(=O)N(O)[C@H]1C[C@@H](c2cccc(Sc3ccccc3)c2)C1. The lowest BCUT2D eigenvalue weighted by Gasteiger charge is -2.39. The fourth-order valence-corrected chi connectivity index (χ4v) is 3.60. The van der Waals surface area contributed by atoms with Gasteiger partial charge < -0.3 is 5.73 Å². The Morgan fingerprint density at radius 2 is 1.77 bits per heavy atom. The Morgan fingerprint density at radius 3 is 2.45 bits per heavy atom. The van der Waals surface area contributed by atoms with E-state index in [-0.39, 0.29) is 6.04 Å². The number of carbonyl (C=O) groups excluding carboxylic acids is 1. The van der Waals surface area contributed by atoms with E-state index in [0.29, 0.717) is 11.0 Å². The van der Waals surface area contributed by atoms with E-state index in [0.717, 1.165) is 12.8 Å². The molecule has 0 aromatic heterocycles. The molecule has 0 bridgehead atoms. The third-order valence-corrected chi connectivity index (χ3v) is 4.99. The molecule has 0 saturated heterocycles. The molecule has 0 heterocycles. The summed E-state index contributed by atoms with van der Waals surface area (Å²) >= 11 is 1.73. The number of rotatable bonds is 4. The number of urea groups is 1. The van der Waals surface area contributed by atoms with E-state index >= 15 is 0 Å². The summed E-state index contributed by atoms with van der Waals surface area (Å²) in [6.45, 7) is 0. The number of hydrogen-bond acceptors (Lipinski definition) is 3. The number of amides is 2. The number of nitrogens with zero attached hydrogens (tertiary/aromatic N) is 1. The largest absolute Gasteiger partial charge is 0.350 e. The molecule has 0 radical (unpaired) electrons. The maximum absolute atomic E-state index is 10.9. The molecule has 3 rings (SSSR count). The molecule has 4 nitrogen and oxygen atoms in total. The number of primary amides is 1. The highest BCUT2D eigenvalue weighted by Gasteiger charge is 2.35. The Labute approximate surface area is 133 Å². The second-order valence-corrected chi connectivity index (χ2v) is 6.64.